The zero-order chi connectivity index (χ0) is 13.7. The first-order chi connectivity index (χ1) is 8.45. The number of esters is 1. The molecule has 1 N–H and O–H groups in total. The molecule has 7 heteroatoms. The van der Waals surface area contributed by atoms with Crippen LogP contribution in [0.5, 0.6) is 0 Å². The van der Waals surface area contributed by atoms with Gasteiger partial charge < -0.3 is 10.1 Å². The van der Waals surface area contributed by atoms with Crippen molar-refractivity contribution in [2.75, 3.05) is 33.3 Å². The Morgan fingerprint density at radius 3 is 2.61 bits per heavy atom. The molecule has 0 aromatic rings. The monoisotopic (exact) mass is 257 g/mol. The number of hydrogen-bond acceptors (Lipinski definition) is 5. The summed E-state index contributed by atoms with van der Waals surface area (Å²) in [6, 6.07) is -0.244. The lowest BCUT2D eigenvalue weighted by Crippen LogP contribution is -2.43. The number of nitrogens with zero attached hydrogens (tertiary/aromatic N) is 2. The fourth-order valence-corrected chi connectivity index (χ4v) is 1.66. The lowest BCUT2D eigenvalue weighted by Gasteiger charge is -2.26. The van der Waals surface area contributed by atoms with Gasteiger partial charge in [0, 0.05) is 19.1 Å². The van der Waals surface area contributed by atoms with Gasteiger partial charge in [0.15, 0.2) is 0 Å². The van der Waals surface area contributed by atoms with Crippen LogP contribution in [0.2, 0.25) is 0 Å². The van der Waals surface area contributed by atoms with Gasteiger partial charge >= 0.3 is 12.0 Å². The average Bonchev–Trinajstić information content (AvgIpc) is 2.64. The van der Waals surface area contributed by atoms with E-state index >= 15 is 0 Å². The third-order valence-corrected chi connectivity index (χ3v) is 2.84. The molecular formula is C11H19N3O4. The molecule has 102 valence electrons. The molecule has 7 nitrogen and oxygen atoms in total. The molecule has 1 rings (SSSR count). The molecule has 0 atom stereocenters. The molecule has 0 unspecified atom stereocenters. The van der Waals surface area contributed by atoms with E-state index in [-0.39, 0.29) is 43.6 Å². The van der Waals surface area contributed by atoms with E-state index in [0.29, 0.717) is 6.54 Å². The van der Waals surface area contributed by atoms with Gasteiger partial charge in [0.1, 0.15) is 0 Å². The van der Waals surface area contributed by atoms with Gasteiger partial charge in [-0.1, -0.05) is 0 Å². The molecule has 0 saturated carbocycles. The van der Waals surface area contributed by atoms with Gasteiger partial charge in [-0.3, -0.25) is 19.4 Å². The van der Waals surface area contributed by atoms with Crippen molar-refractivity contribution in [2.45, 2.75) is 19.9 Å². The molecule has 1 saturated heterocycles. The second kappa shape index (κ2) is 6.34. The van der Waals surface area contributed by atoms with Gasteiger partial charge in [-0.2, -0.15) is 0 Å². The van der Waals surface area contributed by atoms with Gasteiger partial charge in [-0.15, -0.1) is 0 Å². The Bertz CT molecular complexity index is 327. The minimum absolute atomic E-state index is 0.0531. The van der Waals surface area contributed by atoms with Crippen LogP contribution in [0.25, 0.3) is 0 Å². The number of nitrogens with one attached hydrogen (secondary N) is 1. The standard InChI is InChI=1S/C11H19N3O4/c1-8(2)13(7-10(16)18-3)4-5-14-9(15)6-12-11(14)17/h8H,4-7H2,1-3H3,(H,12,17). The highest BCUT2D eigenvalue weighted by Gasteiger charge is 2.28. The zero-order valence-electron chi connectivity index (χ0n) is 10.9. The number of urea groups is 1. The average molecular weight is 257 g/mol. The van der Waals surface area contributed by atoms with E-state index in [2.05, 4.69) is 10.1 Å². The van der Waals surface area contributed by atoms with Crippen molar-refractivity contribution in [1.82, 2.24) is 15.1 Å². The summed E-state index contributed by atoms with van der Waals surface area (Å²) in [5.74, 6) is -0.567. The van der Waals surface area contributed by atoms with Gasteiger partial charge in [0.05, 0.1) is 20.2 Å². The molecule has 0 radical (unpaired) electrons. The van der Waals surface area contributed by atoms with Crippen LogP contribution in [-0.2, 0) is 14.3 Å². The Morgan fingerprint density at radius 2 is 2.17 bits per heavy atom. The fourth-order valence-electron chi connectivity index (χ4n) is 1.66. The summed E-state index contributed by atoms with van der Waals surface area (Å²) < 4.78 is 4.60. The molecule has 0 aromatic carbocycles. The topological polar surface area (TPSA) is 79.0 Å². The minimum atomic E-state index is -0.373. The van der Waals surface area contributed by atoms with Crippen LogP contribution in [0.3, 0.4) is 0 Å². The molecule has 0 bridgehead atoms. The Hall–Kier alpha value is -1.63. The highest BCUT2D eigenvalue weighted by molar-refractivity contribution is 6.01. The number of imide groups is 1. The first kappa shape index (κ1) is 14.4. The SMILES string of the molecule is COC(=O)CN(CCN1C(=O)CNC1=O)C(C)C. The summed E-state index contributed by atoms with van der Waals surface area (Å²) in [7, 11) is 1.33. The van der Waals surface area contributed by atoms with Crippen LogP contribution in [0, 0.1) is 0 Å². The molecule has 1 fully saturated rings. The van der Waals surface area contributed by atoms with Crippen molar-refractivity contribution in [3.63, 3.8) is 0 Å². The normalized spacial score (nSPS) is 15.5. The quantitative estimate of drug-likeness (QED) is 0.509. The first-order valence-corrected chi connectivity index (χ1v) is 5.84. The Kier molecular flexibility index (Phi) is 5.08. The zero-order valence-corrected chi connectivity index (χ0v) is 10.9. The summed E-state index contributed by atoms with van der Waals surface area (Å²) in [5, 5.41) is 2.45. The Balaban J connectivity index is 2.49. The van der Waals surface area contributed by atoms with Crippen molar-refractivity contribution in [2.24, 2.45) is 0 Å². The lowest BCUT2D eigenvalue weighted by molar-refractivity contribution is -0.142. The highest BCUT2D eigenvalue weighted by atomic mass is 16.5. The Morgan fingerprint density at radius 1 is 1.50 bits per heavy atom. The van der Waals surface area contributed by atoms with E-state index in [9.17, 15) is 14.4 Å². The van der Waals surface area contributed by atoms with Gasteiger partial charge in [-0.05, 0) is 13.8 Å². The third-order valence-electron chi connectivity index (χ3n) is 2.84. The summed E-state index contributed by atoms with van der Waals surface area (Å²) in [6.07, 6.45) is 0. The van der Waals surface area contributed by atoms with E-state index < -0.39 is 0 Å². The molecule has 1 heterocycles. The number of ether oxygens (including phenoxy) is 1. The first-order valence-electron chi connectivity index (χ1n) is 5.84. The van der Waals surface area contributed by atoms with E-state index in [4.69, 9.17) is 0 Å². The third kappa shape index (κ3) is 3.69. The van der Waals surface area contributed by atoms with Crippen LogP contribution in [0.1, 0.15) is 13.8 Å². The molecule has 3 amide bonds. The van der Waals surface area contributed by atoms with Crippen molar-refractivity contribution in [3.8, 4) is 0 Å². The van der Waals surface area contributed by atoms with Crippen molar-refractivity contribution >= 4 is 17.9 Å². The summed E-state index contributed by atoms with van der Waals surface area (Å²) in [5.41, 5.74) is 0. The second-order valence-corrected chi connectivity index (χ2v) is 4.34. The molecule has 1 aliphatic rings. The van der Waals surface area contributed by atoms with Crippen LogP contribution in [0.4, 0.5) is 4.79 Å². The minimum Gasteiger partial charge on any atom is -0.468 e. The molecule has 0 spiro atoms. The van der Waals surface area contributed by atoms with Crippen LogP contribution in [-0.4, -0.2) is 67.0 Å². The molecule has 0 aromatic heterocycles. The maximum Gasteiger partial charge on any atom is 0.324 e. The largest absolute Gasteiger partial charge is 0.468 e. The van der Waals surface area contributed by atoms with E-state index in [1.807, 2.05) is 18.7 Å². The second-order valence-electron chi connectivity index (χ2n) is 4.34. The van der Waals surface area contributed by atoms with Gasteiger partial charge in [0.2, 0.25) is 5.91 Å². The fraction of sp³-hybridized carbons (Fsp3) is 0.727. The van der Waals surface area contributed by atoms with E-state index in [1.165, 1.54) is 7.11 Å². The summed E-state index contributed by atoms with van der Waals surface area (Å²) in [4.78, 5) is 36.9. The van der Waals surface area contributed by atoms with Crippen molar-refractivity contribution < 1.29 is 19.1 Å². The van der Waals surface area contributed by atoms with Crippen molar-refractivity contribution in [3.05, 3.63) is 0 Å². The molecular weight excluding hydrogens is 238 g/mol. The van der Waals surface area contributed by atoms with E-state index in [1.54, 1.807) is 0 Å². The van der Waals surface area contributed by atoms with Crippen molar-refractivity contribution in [1.29, 1.82) is 0 Å². The van der Waals surface area contributed by atoms with E-state index in [0.717, 1.165) is 4.90 Å². The number of carbonyl (C=O) groups excluding carboxylic acids is 3. The molecule has 0 aliphatic carbocycles. The number of carbonyl (C=O) groups is 3. The number of hydrogen-bond donors (Lipinski definition) is 1. The molecule has 1 aliphatic heterocycles. The van der Waals surface area contributed by atoms with Gasteiger partial charge in [0.25, 0.3) is 0 Å². The highest BCUT2D eigenvalue weighted by Crippen LogP contribution is 2.03. The number of rotatable bonds is 6. The summed E-state index contributed by atoms with van der Waals surface area (Å²) in [6.45, 7) is 4.81. The van der Waals surface area contributed by atoms with Crippen LogP contribution in [0.15, 0.2) is 0 Å². The van der Waals surface area contributed by atoms with Crippen LogP contribution >= 0.6 is 0 Å². The van der Waals surface area contributed by atoms with Gasteiger partial charge in [-0.25, -0.2) is 4.79 Å². The predicted molar refractivity (Wildman–Crippen MR) is 63.8 cm³/mol. The predicted octanol–water partition coefficient (Wildman–Crippen LogP) is -0.578. The number of methoxy groups -OCH3 is 1. The summed E-state index contributed by atoms with van der Waals surface area (Å²) >= 11 is 0. The molecule has 18 heavy (non-hydrogen) atoms. The smallest absolute Gasteiger partial charge is 0.324 e. The number of amides is 3. The Labute approximate surface area is 106 Å². The van der Waals surface area contributed by atoms with Crippen LogP contribution < -0.4 is 5.32 Å². The maximum absolute atomic E-state index is 11.4. The lowest BCUT2D eigenvalue weighted by atomic mass is 10.3. The maximum atomic E-state index is 11.4.